The molecule has 0 aliphatic carbocycles. The minimum Gasteiger partial charge on any atom is -0.399 e. The topological polar surface area (TPSA) is 101 Å². The van der Waals surface area contributed by atoms with Gasteiger partial charge in [-0.15, -0.1) is 0 Å². The zero-order chi connectivity index (χ0) is 14.1. The zero-order valence-corrected chi connectivity index (χ0v) is 10.9. The molecule has 0 amide bonds. The molecule has 0 saturated heterocycles. The summed E-state index contributed by atoms with van der Waals surface area (Å²) >= 11 is 0. The number of aromatic amines is 1. The lowest BCUT2D eigenvalue weighted by Crippen LogP contribution is -2.14. The Balaban J connectivity index is 1.86. The Morgan fingerprint density at radius 2 is 2.25 bits per heavy atom. The van der Waals surface area contributed by atoms with Gasteiger partial charge >= 0.3 is 5.69 Å². The second kappa shape index (κ2) is 4.69. The minimum absolute atomic E-state index is 0.285. The minimum atomic E-state index is -0.285. The summed E-state index contributed by atoms with van der Waals surface area (Å²) in [5, 5.41) is 9.53. The van der Waals surface area contributed by atoms with Crippen LogP contribution in [-0.4, -0.2) is 19.6 Å². The monoisotopic (exact) mass is 270 g/mol. The molecule has 0 aliphatic heterocycles. The first-order chi connectivity index (χ1) is 9.63. The molecule has 0 fully saturated rings. The molecular weight excluding hydrogens is 256 g/mol. The zero-order valence-electron chi connectivity index (χ0n) is 10.9. The fourth-order valence-corrected chi connectivity index (χ4v) is 2.08. The fraction of sp³-hybridized carbons (Fsp3) is 0.154. The van der Waals surface area contributed by atoms with Gasteiger partial charge in [0.15, 0.2) is 5.65 Å². The van der Waals surface area contributed by atoms with Gasteiger partial charge in [0.2, 0.25) is 0 Å². The van der Waals surface area contributed by atoms with Gasteiger partial charge < -0.3 is 11.1 Å². The van der Waals surface area contributed by atoms with Crippen LogP contribution in [-0.2, 0) is 6.54 Å². The number of H-pyrrole nitrogens is 1. The summed E-state index contributed by atoms with van der Waals surface area (Å²) in [7, 11) is 0. The smallest absolute Gasteiger partial charge is 0.349 e. The van der Waals surface area contributed by atoms with E-state index in [0.29, 0.717) is 23.8 Å². The third-order valence-corrected chi connectivity index (χ3v) is 2.99. The lowest BCUT2D eigenvalue weighted by molar-refractivity contribution is 0.931. The summed E-state index contributed by atoms with van der Waals surface area (Å²) in [4.78, 5) is 15.8. The highest BCUT2D eigenvalue weighted by Gasteiger charge is 2.06. The van der Waals surface area contributed by atoms with Crippen LogP contribution in [0, 0.1) is 6.92 Å². The maximum atomic E-state index is 11.5. The van der Waals surface area contributed by atoms with E-state index in [2.05, 4.69) is 20.5 Å². The van der Waals surface area contributed by atoms with Crippen LogP contribution in [0.4, 0.5) is 11.5 Å². The number of benzene rings is 1. The Bertz CT molecular complexity index is 819. The number of hydrogen-bond acceptors (Lipinski definition) is 5. The van der Waals surface area contributed by atoms with Crippen molar-refractivity contribution in [1.29, 1.82) is 0 Å². The van der Waals surface area contributed by atoms with Gasteiger partial charge in [0.1, 0.15) is 11.6 Å². The van der Waals surface area contributed by atoms with Crippen molar-refractivity contribution in [3.63, 3.8) is 0 Å². The van der Waals surface area contributed by atoms with Crippen molar-refractivity contribution in [2.45, 2.75) is 13.5 Å². The molecular formula is C13H14N6O. The molecule has 0 spiro atoms. The second-order valence-corrected chi connectivity index (χ2v) is 4.51. The van der Waals surface area contributed by atoms with Crippen molar-refractivity contribution in [2.75, 3.05) is 11.1 Å². The van der Waals surface area contributed by atoms with E-state index in [4.69, 9.17) is 5.73 Å². The number of nitrogens with one attached hydrogen (secondary N) is 2. The normalized spacial score (nSPS) is 10.8. The van der Waals surface area contributed by atoms with Crippen molar-refractivity contribution in [1.82, 2.24) is 19.6 Å². The van der Waals surface area contributed by atoms with Gasteiger partial charge in [-0.1, -0.05) is 12.1 Å². The number of nitrogens with zero attached hydrogens (tertiary/aromatic N) is 3. The van der Waals surface area contributed by atoms with Crippen molar-refractivity contribution >= 4 is 17.2 Å². The van der Waals surface area contributed by atoms with E-state index in [1.807, 2.05) is 24.3 Å². The van der Waals surface area contributed by atoms with E-state index in [0.717, 1.165) is 11.3 Å². The molecule has 7 nitrogen and oxygen atoms in total. The molecule has 102 valence electrons. The first-order valence-electron chi connectivity index (χ1n) is 6.16. The molecule has 4 N–H and O–H groups in total. The molecule has 2 aromatic heterocycles. The number of nitrogen functional groups attached to an aromatic ring is 1. The summed E-state index contributed by atoms with van der Waals surface area (Å²) in [5.74, 6) is 1.24. The molecule has 0 unspecified atom stereocenters. The standard InChI is InChI=1S/C13H14N6O/c1-8-16-11(6-12-17-18-13(20)19(8)12)15-7-9-3-2-4-10(14)5-9/h2-6,15H,7,14H2,1H3,(H,18,20). The predicted molar refractivity (Wildman–Crippen MR) is 76.5 cm³/mol. The molecule has 3 aromatic rings. The number of aromatic nitrogens is 4. The van der Waals surface area contributed by atoms with E-state index < -0.39 is 0 Å². The van der Waals surface area contributed by atoms with E-state index >= 15 is 0 Å². The van der Waals surface area contributed by atoms with Crippen LogP contribution in [0.3, 0.4) is 0 Å². The third kappa shape index (κ3) is 2.20. The summed E-state index contributed by atoms with van der Waals surface area (Å²) in [5.41, 5.74) is 7.77. The Morgan fingerprint density at radius 3 is 3.05 bits per heavy atom. The van der Waals surface area contributed by atoms with Gasteiger partial charge in [0.25, 0.3) is 0 Å². The fourth-order valence-electron chi connectivity index (χ4n) is 2.08. The lowest BCUT2D eigenvalue weighted by atomic mass is 10.2. The van der Waals surface area contributed by atoms with Gasteiger partial charge in [-0.05, 0) is 24.6 Å². The Morgan fingerprint density at radius 1 is 1.40 bits per heavy atom. The molecule has 2 heterocycles. The van der Waals surface area contributed by atoms with Gasteiger partial charge in [-0.2, -0.15) is 5.10 Å². The summed E-state index contributed by atoms with van der Waals surface area (Å²) < 4.78 is 1.42. The molecule has 20 heavy (non-hydrogen) atoms. The van der Waals surface area contributed by atoms with Crippen LogP contribution < -0.4 is 16.7 Å². The van der Waals surface area contributed by atoms with Crippen LogP contribution in [0.1, 0.15) is 11.4 Å². The van der Waals surface area contributed by atoms with Crippen LogP contribution in [0.5, 0.6) is 0 Å². The first kappa shape index (κ1) is 12.2. The molecule has 7 heteroatoms. The quantitative estimate of drug-likeness (QED) is 0.614. The molecule has 3 rings (SSSR count). The molecule has 0 aliphatic rings. The summed E-state index contributed by atoms with van der Waals surface area (Å²) in [6, 6.07) is 9.35. The number of aryl methyl sites for hydroxylation is 1. The average molecular weight is 270 g/mol. The average Bonchev–Trinajstić information content (AvgIpc) is 2.79. The van der Waals surface area contributed by atoms with Crippen LogP contribution in [0.25, 0.3) is 5.65 Å². The van der Waals surface area contributed by atoms with Gasteiger partial charge in [0.05, 0.1) is 0 Å². The number of rotatable bonds is 3. The van der Waals surface area contributed by atoms with Crippen molar-refractivity contribution in [2.24, 2.45) is 0 Å². The Labute approximate surface area is 114 Å². The number of fused-ring (bicyclic) bond motifs is 1. The SMILES string of the molecule is Cc1nc(NCc2cccc(N)c2)cc2n[nH]c(=O)n12. The van der Waals surface area contributed by atoms with Crippen molar-refractivity contribution < 1.29 is 0 Å². The van der Waals surface area contributed by atoms with E-state index in [-0.39, 0.29) is 5.69 Å². The molecule has 0 atom stereocenters. The predicted octanol–water partition coefficient (Wildman–Crippen LogP) is 0.920. The Kier molecular flexibility index (Phi) is 2.86. The number of hydrogen-bond donors (Lipinski definition) is 3. The van der Waals surface area contributed by atoms with Crippen LogP contribution in [0.2, 0.25) is 0 Å². The van der Waals surface area contributed by atoms with E-state index in [1.165, 1.54) is 4.40 Å². The van der Waals surface area contributed by atoms with Gasteiger partial charge in [-0.25, -0.2) is 19.3 Å². The summed E-state index contributed by atoms with van der Waals surface area (Å²) in [6.07, 6.45) is 0. The van der Waals surface area contributed by atoms with Crippen LogP contribution in [0.15, 0.2) is 35.1 Å². The second-order valence-electron chi connectivity index (χ2n) is 4.51. The third-order valence-electron chi connectivity index (χ3n) is 2.99. The first-order valence-corrected chi connectivity index (χ1v) is 6.16. The van der Waals surface area contributed by atoms with E-state index in [1.54, 1.807) is 13.0 Å². The van der Waals surface area contributed by atoms with E-state index in [9.17, 15) is 4.79 Å². The highest BCUT2D eigenvalue weighted by Crippen LogP contribution is 2.11. The number of nitrogens with two attached hydrogens (primary N) is 1. The highest BCUT2D eigenvalue weighted by atomic mass is 16.1. The van der Waals surface area contributed by atoms with Gasteiger partial charge in [-0.3, -0.25) is 0 Å². The largest absolute Gasteiger partial charge is 0.399 e. The summed E-state index contributed by atoms with van der Waals surface area (Å²) in [6.45, 7) is 2.36. The van der Waals surface area contributed by atoms with Gasteiger partial charge in [0, 0.05) is 18.3 Å². The maximum absolute atomic E-state index is 11.5. The molecule has 1 aromatic carbocycles. The Hall–Kier alpha value is -2.83. The number of anilines is 2. The molecule has 0 saturated carbocycles. The molecule has 0 bridgehead atoms. The van der Waals surface area contributed by atoms with Crippen LogP contribution >= 0.6 is 0 Å². The maximum Gasteiger partial charge on any atom is 0.349 e. The van der Waals surface area contributed by atoms with Crippen molar-refractivity contribution in [3.05, 3.63) is 52.2 Å². The highest BCUT2D eigenvalue weighted by molar-refractivity contribution is 5.50. The lowest BCUT2D eigenvalue weighted by Gasteiger charge is -2.07. The van der Waals surface area contributed by atoms with Crippen molar-refractivity contribution in [3.8, 4) is 0 Å². The molecule has 0 radical (unpaired) electrons.